The number of anilines is 1. The molecular weight excluding hydrogens is 361 g/mol. The Morgan fingerprint density at radius 1 is 1.56 bits per heavy atom. The third-order valence-corrected chi connectivity index (χ3v) is 4.67. The Bertz CT molecular complexity index is 938. The maximum absolute atomic E-state index is 11.8. The molecule has 0 saturated carbocycles. The van der Waals surface area contributed by atoms with Crippen LogP contribution in [0.4, 0.5) is 5.95 Å². The number of hydrogen-bond donors (Lipinski definition) is 5. The molecular formula is C11H14N5O8P. The van der Waals surface area contributed by atoms with E-state index in [1.54, 1.807) is 0 Å². The Morgan fingerprint density at radius 2 is 2.32 bits per heavy atom. The maximum atomic E-state index is 11.8. The van der Waals surface area contributed by atoms with Gasteiger partial charge < -0.3 is 30.1 Å². The lowest BCUT2D eigenvalue weighted by Crippen LogP contribution is -2.44. The number of hydrogen-bond acceptors (Lipinski definition) is 9. The van der Waals surface area contributed by atoms with Crippen LogP contribution in [0.3, 0.4) is 0 Å². The Balaban J connectivity index is 1.70. The lowest BCUT2D eigenvalue weighted by atomic mass is 10.0. The van der Waals surface area contributed by atoms with Crippen molar-refractivity contribution in [1.82, 2.24) is 19.5 Å². The van der Waals surface area contributed by atoms with Gasteiger partial charge in [-0.15, -0.1) is 0 Å². The van der Waals surface area contributed by atoms with Gasteiger partial charge in [0.15, 0.2) is 17.4 Å². The normalized spacial score (nSPS) is 31.9. The number of fused-ring (bicyclic) bond motifs is 3. The summed E-state index contributed by atoms with van der Waals surface area (Å²) in [5.41, 5.74) is 3.69. The van der Waals surface area contributed by atoms with Crippen LogP contribution >= 0.6 is 7.82 Å². The molecule has 25 heavy (non-hydrogen) atoms. The fourth-order valence-corrected chi connectivity index (χ4v) is 3.45. The third-order valence-electron chi connectivity index (χ3n) is 4.21. The number of imidazole rings is 1. The van der Waals surface area contributed by atoms with Gasteiger partial charge in [0, 0.05) is 0 Å². The van der Waals surface area contributed by atoms with Crippen LogP contribution < -0.4 is 11.3 Å². The number of nitrogens with one attached hydrogen (secondary N) is 1. The van der Waals surface area contributed by atoms with Crippen molar-refractivity contribution in [2.75, 3.05) is 18.9 Å². The molecule has 0 spiro atoms. The first-order valence-corrected chi connectivity index (χ1v) is 8.63. The summed E-state index contributed by atoms with van der Waals surface area (Å²) in [6.45, 7) is -0.688. The predicted octanol–water partition coefficient (Wildman–Crippen LogP) is -2.16. The topological polar surface area (TPSA) is 195 Å². The molecule has 2 aromatic rings. The van der Waals surface area contributed by atoms with Gasteiger partial charge in [-0.25, -0.2) is 9.55 Å². The van der Waals surface area contributed by atoms with E-state index in [1.165, 1.54) is 10.9 Å². The molecule has 13 nitrogen and oxygen atoms in total. The van der Waals surface area contributed by atoms with Crippen LogP contribution in [0.25, 0.3) is 11.2 Å². The van der Waals surface area contributed by atoms with Gasteiger partial charge in [0.05, 0.1) is 19.5 Å². The van der Waals surface area contributed by atoms with Crippen LogP contribution in [-0.2, 0) is 18.6 Å². The first-order chi connectivity index (χ1) is 11.7. The number of phosphoric acid groups is 1. The van der Waals surface area contributed by atoms with Crippen LogP contribution in [0.5, 0.6) is 0 Å². The quantitative estimate of drug-likeness (QED) is 0.365. The lowest BCUT2D eigenvalue weighted by molar-refractivity contribution is -0.183. The zero-order valence-electron chi connectivity index (χ0n) is 12.5. The minimum Gasteiger partial charge on any atom is -0.387 e. The van der Waals surface area contributed by atoms with Crippen molar-refractivity contribution >= 4 is 24.9 Å². The molecule has 2 fully saturated rings. The number of aromatic nitrogens is 4. The summed E-state index contributed by atoms with van der Waals surface area (Å²) in [5.74, 6) is -0.122. The van der Waals surface area contributed by atoms with E-state index in [4.69, 9.17) is 25.0 Å². The number of rotatable bonds is 4. The molecule has 2 aliphatic heterocycles. The second-order valence-electron chi connectivity index (χ2n) is 5.83. The number of H-pyrrole nitrogens is 1. The SMILES string of the molecule is Nc1nc2c(ncn2[C@@H]2O[C@@]3(COP(=O)(O)O)CO[C@@H]2[C@@H]3O)c(=O)[nH]1. The number of nitrogen functional groups attached to an aromatic ring is 1. The highest BCUT2D eigenvalue weighted by Crippen LogP contribution is 2.48. The standard InChI is InChI=1S/C11H14N5O8P/c12-10-14-7-4(8(18)15-10)13-3-16(7)9-5-6(17)11(24-9,1-22-5)2-23-25(19,20)21/h3,5-6,9,17H,1-2H2,(H2,19,20,21)(H3,12,14,15,18)/t5-,6+,9-,11-/m1/s1. The van der Waals surface area contributed by atoms with E-state index in [2.05, 4.69) is 19.5 Å². The van der Waals surface area contributed by atoms with E-state index >= 15 is 0 Å². The number of aromatic amines is 1. The van der Waals surface area contributed by atoms with Crippen LogP contribution in [0, 0.1) is 0 Å². The zero-order valence-corrected chi connectivity index (χ0v) is 13.4. The molecule has 2 bridgehead atoms. The summed E-state index contributed by atoms with van der Waals surface area (Å²) >= 11 is 0. The molecule has 0 aliphatic carbocycles. The van der Waals surface area contributed by atoms with Gasteiger partial charge in [-0.05, 0) is 0 Å². The lowest BCUT2D eigenvalue weighted by Gasteiger charge is -2.30. The number of nitrogens with two attached hydrogens (primary N) is 1. The van der Waals surface area contributed by atoms with Gasteiger partial charge in [0.25, 0.3) is 5.56 Å². The van der Waals surface area contributed by atoms with E-state index in [-0.39, 0.29) is 23.7 Å². The van der Waals surface area contributed by atoms with Crippen molar-refractivity contribution < 1.29 is 33.5 Å². The van der Waals surface area contributed by atoms with Crippen molar-refractivity contribution in [2.24, 2.45) is 0 Å². The van der Waals surface area contributed by atoms with Crippen molar-refractivity contribution in [3.05, 3.63) is 16.7 Å². The Labute approximate surface area is 138 Å². The number of nitrogens with zero attached hydrogens (tertiary/aromatic N) is 3. The molecule has 2 saturated heterocycles. The molecule has 2 aromatic heterocycles. The molecule has 14 heteroatoms. The molecule has 6 N–H and O–H groups in total. The molecule has 0 amide bonds. The first kappa shape index (κ1) is 16.6. The fraction of sp³-hybridized carbons (Fsp3) is 0.545. The minimum atomic E-state index is -4.75. The molecule has 2 aliphatic rings. The van der Waals surface area contributed by atoms with Gasteiger partial charge in [-0.3, -0.25) is 18.9 Å². The van der Waals surface area contributed by atoms with Crippen LogP contribution in [0.1, 0.15) is 6.23 Å². The monoisotopic (exact) mass is 375 g/mol. The predicted molar refractivity (Wildman–Crippen MR) is 79.2 cm³/mol. The highest BCUT2D eigenvalue weighted by molar-refractivity contribution is 7.46. The number of aliphatic hydroxyl groups excluding tert-OH is 1. The van der Waals surface area contributed by atoms with Gasteiger partial charge >= 0.3 is 7.82 Å². The van der Waals surface area contributed by atoms with E-state index in [1.807, 2.05) is 0 Å². The molecule has 4 atom stereocenters. The molecule has 4 rings (SSSR count). The van der Waals surface area contributed by atoms with Crippen molar-refractivity contribution in [2.45, 2.75) is 24.0 Å². The van der Waals surface area contributed by atoms with E-state index in [0.717, 1.165) is 0 Å². The largest absolute Gasteiger partial charge is 0.469 e. The van der Waals surface area contributed by atoms with Crippen molar-refractivity contribution in [3.63, 3.8) is 0 Å². The second-order valence-corrected chi connectivity index (χ2v) is 7.07. The van der Waals surface area contributed by atoms with Crippen molar-refractivity contribution in [1.29, 1.82) is 0 Å². The second kappa shape index (κ2) is 5.32. The Morgan fingerprint density at radius 3 is 3.04 bits per heavy atom. The van der Waals surface area contributed by atoms with Gasteiger partial charge in [0.1, 0.15) is 17.8 Å². The fourth-order valence-electron chi connectivity index (χ4n) is 3.06. The van der Waals surface area contributed by atoms with Gasteiger partial charge in [0.2, 0.25) is 5.95 Å². The smallest absolute Gasteiger partial charge is 0.387 e. The molecule has 0 unspecified atom stereocenters. The van der Waals surface area contributed by atoms with Gasteiger partial charge in [-0.1, -0.05) is 0 Å². The number of phosphoric ester groups is 1. The Hall–Kier alpha value is -1.86. The summed E-state index contributed by atoms with van der Waals surface area (Å²) in [4.78, 5) is 39.9. The van der Waals surface area contributed by atoms with E-state index < -0.39 is 44.0 Å². The Kier molecular flexibility index (Phi) is 3.53. The summed E-state index contributed by atoms with van der Waals surface area (Å²) in [6.07, 6.45) is -1.71. The first-order valence-electron chi connectivity index (χ1n) is 7.10. The maximum Gasteiger partial charge on any atom is 0.469 e. The summed E-state index contributed by atoms with van der Waals surface area (Å²) in [7, 11) is -4.75. The van der Waals surface area contributed by atoms with Gasteiger partial charge in [-0.2, -0.15) is 4.98 Å². The summed E-state index contributed by atoms with van der Waals surface area (Å²) in [5, 5.41) is 10.4. The van der Waals surface area contributed by atoms with Crippen molar-refractivity contribution in [3.8, 4) is 0 Å². The van der Waals surface area contributed by atoms with Crippen LogP contribution in [0.2, 0.25) is 0 Å². The highest BCUT2D eigenvalue weighted by Gasteiger charge is 2.62. The highest BCUT2D eigenvalue weighted by atomic mass is 31.2. The number of aliphatic hydroxyl groups is 1. The van der Waals surface area contributed by atoms with E-state index in [0.29, 0.717) is 0 Å². The zero-order chi connectivity index (χ0) is 18.0. The summed E-state index contributed by atoms with van der Waals surface area (Å²) < 4.78 is 28.0. The number of ether oxygens (including phenoxy) is 2. The minimum absolute atomic E-state index is 0.0237. The molecule has 4 heterocycles. The molecule has 0 aromatic carbocycles. The average molecular weight is 375 g/mol. The third kappa shape index (κ3) is 2.57. The van der Waals surface area contributed by atoms with E-state index in [9.17, 15) is 14.5 Å². The van der Waals surface area contributed by atoms with Crippen LogP contribution in [-0.4, -0.2) is 65.4 Å². The molecule has 0 radical (unpaired) electrons. The molecule has 136 valence electrons. The van der Waals surface area contributed by atoms with Crippen LogP contribution in [0.15, 0.2) is 11.1 Å². The summed E-state index contributed by atoms with van der Waals surface area (Å²) in [6, 6.07) is 0. The average Bonchev–Trinajstić information content (AvgIpc) is 3.15.